The van der Waals surface area contributed by atoms with Gasteiger partial charge in [-0.25, -0.2) is 4.68 Å². The first kappa shape index (κ1) is 27.3. The van der Waals surface area contributed by atoms with Crippen molar-refractivity contribution in [2.24, 2.45) is 0 Å². The van der Waals surface area contributed by atoms with Gasteiger partial charge in [-0.1, -0.05) is 78.0 Å². The summed E-state index contributed by atoms with van der Waals surface area (Å²) < 4.78 is 6.62. The molecular weight excluding hydrogens is 603 g/mol. The van der Waals surface area contributed by atoms with E-state index in [4.69, 9.17) is 5.10 Å². The lowest BCUT2D eigenvalue weighted by Gasteiger charge is -2.13. The van der Waals surface area contributed by atoms with Crippen molar-refractivity contribution in [3.63, 3.8) is 0 Å². The molecule has 0 aliphatic heterocycles. The maximum absolute atomic E-state index is 4.72. The zero-order valence-corrected chi connectivity index (χ0v) is 26.2. The van der Waals surface area contributed by atoms with Crippen molar-refractivity contribution in [1.82, 2.24) is 34.1 Å². The van der Waals surface area contributed by atoms with Crippen LogP contribution >= 0.6 is 0 Å². The Morgan fingerprint density at radius 1 is 0.449 bits per heavy atom. The molecule has 0 amide bonds. The average molecular weight is 630 g/mol. The van der Waals surface area contributed by atoms with Gasteiger partial charge >= 0.3 is 0 Å². The quantitative estimate of drug-likeness (QED) is 0.190. The maximum atomic E-state index is 4.72. The van der Waals surface area contributed by atoms with Gasteiger partial charge in [0, 0.05) is 62.6 Å². The molecule has 10 aromatic rings. The van der Waals surface area contributed by atoms with Gasteiger partial charge in [-0.15, -0.1) is 5.10 Å². The monoisotopic (exact) mass is 629 g/mol. The Labute approximate surface area is 281 Å². The third-order valence-corrected chi connectivity index (χ3v) is 9.37. The van der Waals surface area contributed by atoms with E-state index in [2.05, 4.69) is 140 Å². The molecule has 0 aliphatic rings. The van der Waals surface area contributed by atoms with Crippen molar-refractivity contribution in [2.75, 3.05) is 0 Å². The highest BCUT2D eigenvalue weighted by Gasteiger charge is 2.24. The molecule has 5 heterocycles. The van der Waals surface area contributed by atoms with Gasteiger partial charge in [-0.3, -0.25) is 9.97 Å². The van der Waals surface area contributed by atoms with E-state index in [0.717, 1.165) is 61.4 Å². The third-order valence-electron chi connectivity index (χ3n) is 9.37. The summed E-state index contributed by atoms with van der Waals surface area (Å²) in [6.07, 6.45) is 7.19. The van der Waals surface area contributed by atoms with E-state index < -0.39 is 0 Å². The summed E-state index contributed by atoms with van der Waals surface area (Å²) in [5.41, 5.74) is 11.2. The summed E-state index contributed by atoms with van der Waals surface area (Å²) in [5, 5.41) is 14.1. The molecule has 0 atom stereocenters. The molecule has 0 aliphatic carbocycles. The maximum Gasteiger partial charge on any atom is 0.123 e. The summed E-state index contributed by atoms with van der Waals surface area (Å²) in [7, 11) is 0. The standard InChI is InChI=1S/C42H27N7/c1-4-19-36-32(15-1)33-16-2-5-20-37(33)47(36)29-12-7-13-30(25-29)48-38-21-6-3-17-34(38)40-35(18-8-22-39(40)48)42-41(28-11-9-23-43-26-28)45-46-49(42)31-14-10-24-44-27-31/h1-27H. The van der Waals surface area contributed by atoms with Crippen molar-refractivity contribution >= 4 is 43.6 Å². The van der Waals surface area contributed by atoms with E-state index >= 15 is 0 Å². The van der Waals surface area contributed by atoms with E-state index in [1.54, 1.807) is 12.4 Å². The predicted octanol–water partition coefficient (Wildman–Crippen LogP) is 9.59. The van der Waals surface area contributed by atoms with Crippen molar-refractivity contribution in [3.05, 3.63) is 164 Å². The highest BCUT2D eigenvalue weighted by atomic mass is 15.4. The molecular formula is C42H27N7. The minimum Gasteiger partial charge on any atom is -0.309 e. The Balaban J connectivity index is 1.25. The topological polar surface area (TPSA) is 66.3 Å². The highest BCUT2D eigenvalue weighted by molar-refractivity contribution is 6.16. The fraction of sp³-hybridized carbons (Fsp3) is 0. The van der Waals surface area contributed by atoms with Gasteiger partial charge in [-0.05, 0) is 66.7 Å². The molecule has 230 valence electrons. The number of fused-ring (bicyclic) bond motifs is 6. The van der Waals surface area contributed by atoms with Crippen LogP contribution in [0, 0.1) is 0 Å². The van der Waals surface area contributed by atoms with Gasteiger partial charge in [0.25, 0.3) is 0 Å². The molecule has 0 saturated carbocycles. The molecule has 0 fully saturated rings. The van der Waals surface area contributed by atoms with Crippen molar-refractivity contribution in [2.45, 2.75) is 0 Å². The fourth-order valence-corrected chi connectivity index (χ4v) is 7.35. The molecule has 0 spiro atoms. The lowest BCUT2D eigenvalue weighted by Crippen LogP contribution is -2.01. The second-order valence-corrected chi connectivity index (χ2v) is 12.1. The number of pyridine rings is 2. The highest BCUT2D eigenvalue weighted by Crippen LogP contribution is 2.42. The van der Waals surface area contributed by atoms with Gasteiger partial charge in [0.1, 0.15) is 11.4 Å². The van der Waals surface area contributed by atoms with Crippen LogP contribution in [0.15, 0.2) is 164 Å². The van der Waals surface area contributed by atoms with E-state index in [-0.39, 0.29) is 0 Å². The first-order valence-corrected chi connectivity index (χ1v) is 16.2. The molecule has 7 nitrogen and oxygen atoms in total. The van der Waals surface area contributed by atoms with Gasteiger partial charge < -0.3 is 9.13 Å². The smallest absolute Gasteiger partial charge is 0.123 e. The molecule has 0 unspecified atom stereocenters. The Hall–Kier alpha value is -6.86. The number of nitrogens with zero attached hydrogens (tertiary/aromatic N) is 7. The Bertz CT molecular complexity index is 2720. The van der Waals surface area contributed by atoms with Gasteiger partial charge in [0.2, 0.25) is 0 Å². The second kappa shape index (κ2) is 10.9. The van der Waals surface area contributed by atoms with Gasteiger partial charge in [0.05, 0.1) is 34.0 Å². The van der Waals surface area contributed by atoms with E-state index in [1.165, 1.54) is 21.8 Å². The molecule has 5 aromatic heterocycles. The lowest BCUT2D eigenvalue weighted by molar-refractivity contribution is 0.805. The number of para-hydroxylation sites is 3. The summed E-state index contributed by atoms with van der Waals surface area (Å²) in [5.74, 6) is 0. The zero-order valence-electron chi connectivity index (χ0n) is 26.2. The van der Waals surface area contributed by atoms with Gasteiger partial charge in [0.15, 0.2) is 0 Å². The molecule has 0 N–H and O–H groups in total. The Morgan fingerprint density at radius 2 is 1.02 bits per heavy atom. The predicted molar refractivity (Wildman–Crippen MR) is 196 cm³/mol. The third kappa shape index (κ3) is 4.16. The number of benzene rings is 5. The second-order valence-electron chi connectivity index (χ2n) is 12.1. The van der Waals surface area contributed by atoms with E-state index in [0.29, 0.717) is 0 Å². The van der Waals surface area contributed by atoms with Crippen LogP contribution in [-0.2, 0) is 0 Å². The molecule has 0 radical (unpaired) electrons. The van der Waals surface area contributed by atoms with E-state index in [9.17, 15) is 0 Å². The van der Waals surface area contributed by atoms with E-state index in [1.807, 2.05) is 41.3 Å². The molecule has 7 heteroatoms. The molecule has 5 aromatic carbocycles. The number of hydrogen-bond donors (Lipinski definition) is 0. The van der Waals surface area contributed by atoms with Crippen LogP contribution in [0.1, 0.15) is 0 Å². The average Bonchev–Trinajstić information content (AvgIpc) is 3.86. The molecule has 49 heavy (non-hydrogen) atoms. The minimum atomic E-state index is 0.759. The fourth-order valence-electron chi connectivity index (χ4n) is 7.35. The minimum absolute atomic E-state index is 0.759. The van der Waals surface area contributed by atoms with Crippen LogP contribution in [-0.4, -0.2) is 34.1 Å². The first-order chi connectivity index (χ1) is 24.3. The summed E-state index contributed by atoms with van der Waals surface area (Å²) in [6.45, 7) is 0. The first-order valence-electron chi connectivity index (χ1n) is 16.2. The van der Waals surface area contributed by atoms with Crippen LogP contribution in [0.5, 0.6) is 0 Å². The van der Waals surface area contributed by atoms with Gasteiger partial charge in [-0.2, -0.15) is 0 Å². The summed E-state index contributed by atoms with van der Waals surface area (Å²) in [4.78, 5) is 8.80. The van der Waals surface area contributed by atoms with Crippen LogP contribution < -0.4 is 0 Å². The Kier molecular flexibility index (Phi) is 6.04. The van der Waals surface area contributed by atoms with Crippen molar-refractivity contribution in [1.29, 1.82) is 0 Å². The SMILES string of the molecule is c1cncc(-c2nnn(-c3cccnc3)c2-c2cccc3c2c2ccccc2n3-c2cccc(-n3c4ccccc4c4ccccc43)c2)c1. The van der Waals surface area contributed by atoms with Crippen LogP contribution in [0.3, 0.4) is 0 Å². The summed E-state index contributed by atoms with van der Waals surface area (Å²) in [6, 6.07) is 49.1. The number of rotatable bonds is 5. The molecule has 0 bridgehead atoms. The van der Waals surface area contributed by atoms with Crippen LogP contribution in [0.2, 0.25) is 0 Å². The number of hydrogen-bond acceptors (Lipinski definition) is 4. The molecule has 0 saturated heterocycles. The Morgan fingerprint density at radius 3 is 1.69 bits per heavy atom. The van der Waals surface area contributed by atoms with Crippen LogP contribution in [0.4, 0.5) is 0 Å². The molecule has 10 rings (SSSR count). The number of aromatic nitrogens is 7. The lowest BCUT2D eigenvalue weighted by atomic mass is 10.00. The van der Waals surface area contributed by atoms with Crippen molar-refractivity contribution < 1.29 is 0 Å². The summed E-state index contributed by atoms with van der Waals surface area (Å²) >= 11 is 0. The van der Waals surface area contributed by atoms with Crippen LogP contribution in [0.25, 0.3) is 83.2 Å². The zero-order chi connectivity index (χ0) is 32.3. The largest absolute Gasteiger partial charge is 0.309 e. The normalized spacial score (nSPS) is 11.7. The van der Waals surface area contributed by atoms with Crippen molar-refractivity contribution in [3.8, 4) is 39.6 Å².